The zero-order valence-electron chi connectivity index (χ0n) is 85.5. The van der Waals surface area contributed by atoms with E-state index < -0.39 is 352 Å². The second-order valence-corrected chi connectivity index (χ2v) is 38.3. The molecule has 18 atom stereocenters. The smallest absolute Gasteiger partial charge is 0.328 e. The van der Waals surface area contributed by atoms with Gasteiger partial charge < -0.3 is 151 Å². The van der Waals surface area contributed by atoms with E-state index in [0.29, 0.717) is 29.7 Å². The topological polar surface area (TPSA) is 855 Å². The van der Waals surface area contributed by atoms with Gasteiger partial charge in [0.05, 0.1) is 51.9 Å². The summed E-state index contributed by atoms with van der Waals surface area (Å²) in [5, 5.41) is 75.0. The number of primary amides is 4. The zero-order valence-corrected chi connectivity index (χ0v) is 87.1. The maximum Gasteiger partial charge on any atom is 0.328 e. The highest BCUT2D eigenvalue weighted by atomic mass is 32.2. The van der Waals surface area contributed by atoms with Crippen LogP contribution in [0.3, 0.4) is 0 Å². The summed E-state index contributed by atoms with van der Waals surface area (Å²) in [5.74, 6) is -27.1. The molecule has 0 bridgehead atoms. The van der Waals surface area contributed by atoms with Crippen molar-refractivity contribution in [2.24, 2.45) is 64.0 Å². The number of unbranched alkanes of at least 4 members (excludes halogenated alkanes) is 1. The minimum atomic E-state index is -1.89. The van der Waals surface area contributed by atoms with Crippen LogP contribution in [0.1, 0.15) is 170 Å². The van der Waals surface area contributed by atoms with Gasteiger partial charge >= 0.3 is 5.97 Å². The van der Waals surface area contributed by atoms with Crippen LogP contribution in [0, 0.1) is 29.6 Å². The monoisotopic (exact) mass is 2130 g/mol. The van der Waals surface area contributed by atoms with Crippen molar-refractivity contribution in [3.8, 4) is 0 Å². The predicted molar refractivity (Wildman–Crippen MR) is 542 cm³/mol. The Labute approximate surface area is 866 Å². The van der Waals surface area contributed by atoms with E-state index in [-0.39, 0.29) is 57.2 Å². The molecule has 0 aliphatic heterocycles. The number of rotatable bonds is 73. The minimum Gasteiger partial charge on any atom is -0.480 e. The van der Waals surface area contributed by atoms with Crippen LogP contribution in [0.4, 0.5) is 0 Å². The first-order valence-corrected chi connectivity index (χ1v) is 51.3. The number of aliphatic hydroxyl groups is 2. The van der Waals surface area contributed by atoms with Gasteiger partial charge in [-0.05, 0) is 123 Å². The number of carboxylic acid groups (broad SMARTS) is 1. The average Bonchev–Trinajstić information content (AvgIpc) is 0.848. The number of hydrogen-bond acceptors (Lipinski definition) is 30. The Bertz CT molecular complexity index is 4800. The van der Waals surface area contributed by atoms with Crippen LogP contribution in [0.2, 0.25) is 0 Å². The Morgan fingerprint density at radius 1 is 0.304 bits per heavy atom. The summed E-state index contributed by atoms with van der Waals surface area (Å²) < 4.78 is 0. The molecule has 0 radical (unpaired) electrons. The number of hydrogen-bond donors (Lipinski definition) is 28. The molecule has 0 unspecified atom stereocenters. The molecule has 0 aliphatic rings. The van der Waals surface area contributed by atoms with Gasteiger partial charge in [0.25, 0.3) is 0 Å². The molecule has 0 heterocycles. The van der Waals surface area contributed by atoms with Crippen LogP contribution in [0.15, 0.2) is 60.7 Å². The average molecular weight is 2130 g/mol. The van der Waals surface area contributed by atoms with Crippen LogP contribution >= 0.6 is 23.5 Å². The van der Waals surface area contributed by atoms with Crippen LogP contribution in [-0.2, 0) is 128 Å². The molecule has 0 saturated carbocycles. The fourth-order valence-electron chi connectivity index (χ4n) is 14.2. The van der Waals surface area contributed by atoms with Crippen LogP contribution in [-0.4, -0.2) is 324 Å². The number of benzene rings is 2. The predicted octanol–water partition coefficient (Wildman–Crippen LogP) is -9.03. The lowest BCUT2D eigenvalue weighted by molar-refractivity contribution is -0.143. The van der Waals surface area contributed by atoms with Crippen LogP contribution < -0.4 is 135 Å². The molecule has 0 fully saturated rings. The lowest BCUT2D eigenvalue weighted by Gasteiger charge is -2.31. The second-order valence-electron chi connectivity index (χ2n) is 36.4. The molecule has 23 amide bonds. The summed E-state index contributed by atoms with van der Waals surface area (Å²) in [4.78, 5) is 326. The highest BCUT2D eigenvalue weighted by molar-refractivity contribution is 7.98. The number of nitrogens with one attached hydrogen (secondary N) is 19. The lowest BCUT2D eigenvalue weighted by Crippen LogP contribution is -2.62. The standard InChI is InChI=1S/C94H151N25O27S2/c1-13-51(9)77(118-79(130)55(96)34-37-147-11)92(143)111-62(40-54-25-19-16-20-26-54)87(138)119-78(52(10)14-2)93(144)117-76(50(7)8)91(142)112-63(41-69(100)125)86(137)105-56(27-21-22-36-95)82(133)108-59(30-33-68(99)124)83(134)110-61(39-53-23-17-15-18-24-53)85(136)106-57(28-31-66(97)122)81(132)104-45-73(129)116-74(48(3)4)89(140)109-60(35-38-148-12)84(135)113-64(46-120)88(139)107-58(29-32-67(98)123)80(131)103-43-71(127)101-42-70(126)102-44-72(128)115-75(49(5)6)90(141)114-65(47-121)94(145)146/h15-20,23-26,48-52,55-65,74-78,120-121H,13-14,21-22,27-47,95-96H2,1-12H3,(H2,97,122)(H2,98,123)(H2,99,124)(H2,100,125)(H,101,127)(H,102,126)(H,103,131)(H,104,132)(H,105,137)(H,106,136)(H,107,139)(H,108,133)(H,109,140)(H,110,134)(H,111,143)(H,112,142)(H,113,135)(H,114,141)(H,115,128)(H,116,129)(H,117,144)(H,118,130)(H,119,138)(H,145,146)/t51-,52-,55-,56-,57-,58-,59-,60-,61-,62-,63-,64-,65-,74-,75-,76-,77-,78-/m0/s1. The Morgan fingerprint density at radius 3 is 0.980 bits per heavy atom. The molecule has 2 aromatic carbocycles. The first-order valence-electron chi connectivity index (χ1n) is 48.5. The Balaban J connectivity index is 2.45. The van der Waals surface area contributed by atoms with Gasteiger partial charge in [-0.15, -0.1) is 0 Å². The number of nitrogens with two attached hydrogens (primary N) is 6. The third-order valence-electron chi connectivity index (χ3n) is 23.3. The van der Waals surface area contributed by atoms with E-state index in [0.717, 1.165) is 0 Å². The maximum atomic E-state index is 14.8. The van der Waals surface area contributed by atoms with Crippen molar-refractivity contribution in [3.63, 3.8) is 0 Å². The van der Waals surface area contributed by atoms with E-state index in [1.165, 1.54) is 51.2 Å². The van der Waals surface area contributed by atoms with E-state index in [1.807, 2.05) is 13.2 Å². The van der Waals surface area contributed by atoms with Gasteiger partial charge in [0.1, 0.15) is 90.6 Å². The zero-order chi connectivity index (χ0) is 112. The number of amides is 23. The van der Waals surface area contributed by atoms with Gasteiger partial charge in [-0.2, -0.15) is 23.5 Å². The highest BCUT2D eigenvalue weighted by Gasteiger charge is 2.41. The van der Waals surface area contributed by atoms with E-state index in [2.05, 4.69) is 101 Å². The SMILES string of the molecule is CC[C@H](C)[C@H](NC(=O)[C@H](Cc1ccccc1)NC(=O)[C@@H](NC(=O)[C@@H](N)CCSC)[C@@H](C)CC)C(=O)N[C@H](C(=O)N[C@@H](CC(N)=O)C(=O)N[C@@H](CCCCN)C(=O)N[C@@H](CCC(N)=O)C(=O)N[C@@H](Cc1ccccc1)C(=O)N[C@@H](CCC(N)=O)C(=O)NCC(=O)N[C@H](C(=O)N[C@@H](CCSC)C(=O)N[C@@H](CO)C(=O)N[C@@H](CCC(N)=O)C(=O)NCC(=O)NCC(=O)NCC(=O)N[C@H](C(=O)N[C@@H](CO)C(=O)O)C(C)C)C(C)C)C(C)C. The van der Waals surface area contributed by atoms with E-state index >= 15 is 0 Å². The number of carbonyl (C=O) groups excluding carboxylic acids is 23. The Kier molecular flexibility index (Phi) is 61.1. The van der Waals surface area contributed by atoms with Gasteiger partial charge in [0.2, 0.25) is 136 Å². The van der Waals surface area contributed by atoms with Crippen molar-refractivity contribution in [3.05, 3.63) is 71.8 Å². The summed E-state index contributed by atoms with van der Waals surface area (Å²) in [6.07, 6.45) is -0.167. The van der Waals surface area contributed by atoms with Gasteiger partial charge in [0.15, 0.2) is 0 Å². The summed E-state index contributed by atoms with van der Waals surface area (Å²) in [5.41, 5.74) is 35.1. The molecule has 2 rings (SSSR count). The maximum absolute atomic E-state index is 14.8. The number of aliphatic hydroxyl groups excluding tert-OH is 2. The summed E-state index contributed by atoms with van der Waals surface area (Å²) in [7, 11) is 0. The summed E-state index contributed by atoms with van der Waals surface area (Å²) >= 11 is 2.70. The van der Waals surface area contributed by atoms with Gasteiger partial charge in [-0.25, -0.2) is 4.79 Å². The third-order valence-corrected chi connectivity index (χ3v) is 24.6. The normalized spacial score (nSPS) is 14.8. The van der Waals surface area contributed by atoms with Gasteiger partial charge in [-0.3, -0.25) is 110 Å². The largest absolute Gasteiger partial charge is 0.480 e. The molecular formula is C94H151N25O27S2. The quantitative estimate of drug-likeness (QED) is 0.0274. The van der Waals surface area contributed by atoms with Crippen molar-refractivity contribution in [2.45, 2.75) is 269 Å². The molecule has 148 heavy (non-hydrogen) atoms. The first kappa shape index (κ1) is 130. The van der Waals surface area contributed by atoms with Crippen molar-refractivity contribution in [1.29, 1.82) is 0 Å². The second kappa shape index (κ2) is 69.4. The fourth-order valence-corrected chi connectivity index (χ4v) is 15.1. The molecule has 34 N–H and O–H groups in total. The molecule has 0 aliphatic carbocycles. The number of carbonyl (C=O) groups is 24. The van der Waals surface area contributed by atoms with Crippen molar-refractivity contribution in [2.75, 3.05) is 70.0 Å². The Hall–Kier alpha value is -13.7. The van der Waals surface area contributed by atoms with Crippen molar-refractivity contribution < 1.29 is 130 Å². The van der Waals surface area contributed by atoms with Crippen LogP contribution in [0.5, 0.6) is 0 Å². The number of carboxylic acids is 1. The summed E-state index contributed by atoms with van der Waals surface area (Å²) in [6, 6.07) is -8.17. The van der Waals surface area contributed by atoms with Crippen LogP contribution in [0.25, 0.3) is 0 Å². The third kappa shape index (κ3) is 49.6. The van der Waals surface area contributed by atoms with Crippen molar-refractivity contribution in [1.82, 2.24) is 101 Å². The first-order chi connectivity index (χ1) is 69.8. The molecule has 2 aromatic rings. The van der Waals surface area contributed by atoms with E-state index in [9.17, 15) is 130 Å². The molecular weight excluding hydrogens is 1980 g/mol. The molecule has 0 saturated heterocycles. The van der Waals surface area contributed by atoms with E-state index in [1.54, 1.807) is 102 Å². The molecule has 0 spiro atoms. The summed E-state index contributed by atoms with van der Waals surface area (Å²) in [6.45, 7) is 10.7. The number of aliphatic carboxylic acids is 1. The van der Waals surface area contributed by atoms with Gasteiger partial charge in [-0.1, -0.05) is 143 Å². The fraction of sp³-hybridized carbons (Fsp3) is 0.617. The minimum absolute atomic E-state index is 0.0729. The Morgan fingerprint density at radius 2 is 0.595 bits per heavy atom. The molecule has 0 aromatic heterocycles. The molecule has 54 heteroatoms. The lowest BCUT2D eigenvalue weighted by atomic mass is 9.95. The van der Waals surface area contributed by atoms with E-state index in [4.69, 9.17) is 34.4 Å². The molecule has 826 valence electrons. The molecule has 52 nitrogen and oxygen atoms in total. The highest BCUT2D eigenvalue weighted by Crippen LogP contribution is 2.19. The number of thioether (sulfide) groups is 2. The van der Waals surface area contributed by atoms with Crippen molar-refractivity contribution >= 4 is 165 Å². The van der Waals surface area contributed by atoms with Gasteiger partial charge in [0, 0.05) is 32.1 Å².